The number of esters is 1. The van der Waals surface area contributed by atoms with Gasteiger partial charge < -0.3 is 15.0 Å². The number of hydrogen-bond donors (Lipinski definition) is 1. The van der Waals surface area contributed by atoms with Crippen LogP contribution >= 0.6 is 0 Å². The Morgan fingerprint density at radius 2 is 1.72 bits per heavy atom. The Morgan fingerprint density at radius 1 is 1.00 bits per heavy atom. The standard InChI is InChI=1S/C25H30N4O3/c1-2-32-24(31)18-26-23(30)11-12-28-13-15-29(16-14-28)25-21-9-5-3-7-19(21)17-20-8-4-6-10-22(20)27-25/h3-10H,2,11-18H2,1H3,(H,26,30). The molecule has 0 bridgehead atoms. The van der Waals surface area contributed by atoms with Gasteiger partial charge in [0.2, 0.25) is 5.91 Å². The van der Waals surface area contributed by atoms with E-state index in [0.29, 0.717) is 19.6 Å². The molecule has 1 fully saturated rings. The van der Waals surface area contributed by atoms with Crippen LogP contribution in [0.2, 0.25) is 0 Å². The second-order valence-electron chi connectivity index (χ2n) is 8.06. The number of ether oxygens (including phenoxy) is 1. The quantitative estimate of drug-likeness (QED) is 0.707. The highest BCUT2D eigenvalue weighted by atomic mass is 16.5. The van der Waals surface area contributed by atoms with Crippen LogP contribution in [0.4, 0.5) is 5.69 Å². The van der Waals surface area contributed by atoms with Crippen LogP contribution in [0, 0.1) is 0 Å². The van der Waals surface area contributed by atoms with Crippen LogP contribution in [0.3, 0.4) is 0 Å². The van der Waals surface area contributed by atoms with Gasteiger partial charge in [0.1, 0.15) is 12.4 Å². The number of piperazine rings is 1. The molecule has 2 aromatic carbocycles. The fraction of sp³-hybridized carbons (Fsp3) is 0.400. The van der Waals surface area contributed by atoms with E-state index >= 15 is 0 Å². The van der Waals surface area contributed by atoms with Crippen molar-refractivity contribution in [1.82, 2.24) is 15.1 Å². The summed E-state index contributed by atoms with van der Waals surface area (Å²) in [4.78, 5) is 33.1. The summed E-state index contributed by atoms with van der Waals surface area (Å²) in [7, 11) is 0. The third kappa shape index (κ3) is 5.34. The van der Waals surface area contributed by atoms with Crippen molar-refractivity contribution in [3.63, 3.8) is 0 Å². The van der Waals surface area contributed by atoms with Crippen molar-refractivity contribution in [3.8, 4) is 0 Å². The molecule has 1 saturated heterocycles. The van der Waals surface area contributed by atoms with Gasteiger partial charge in [-0.3, -0.25) is 14.5 Å². The molecule has 2 heterocycles. The highest BCUT2D eigenvalue weighted by Crippen LogP contribution is 2.29. The lowest BCUT2D eigenvalue weighted by Crippen LogP contribution is -2.49. The molecule has 0 aliphatic carbocycles. The molecular weight excluding hydrogens is 404 g/mol. The summed E-state index contributed by atoms with van der Waals surface area (Å²) in [6.45, 7) is 6.13. The highest BCUT2D eigenvalue weighted by molar-refractivity contribution is 6.02. The Bertz CT molecular complexity index is 996. The van der Waals surface area contributed by atoms with Crippen LogP contribution in [0.15, 0.2) is 53.5 Å². The lowest BCUT2D eigenvalue weighted by atomic mass is 9.99. The Hall–Kier alpha value is -3.19. The van der Waals surface area contributed by atoms with Crippen molar-refractivity contribution in [3.05, 3.63) is 65.2 Å². The molecule has 1 amide bonds. The van der Waals surface area contributed by atoms with Gasteiger partial charge in [-0.25, -0.2) is 4.99 Å². The molecule has 7 heteroatoms. The molecule has 0 spiro atoms. The van der Waals surface area contributed by atoms with Crippen molar-refractivity contribution >= 4 is 23.4 Å². The zero-order valence-electron chi connectivity index (χ0n) is 18.5. The van der Waals surface area contributed by atoms with Crippen molar-refractivity contribution < 1.29 is 14.3 Å². The van der Waals surface area contributed by atoms with E-state index in [2.05, 4.69) is 57.6 Å². The maximum Gasteiger partial charge on any atom is 0.325 e. The number of aliphatic imine (C=N–C) groups is 1. The van der Waals surface area contributed by atoms with Crippen LogP contribution < -0.4 is 5.32 Å². The smallest absolute Gasteiger partial charge is 0.325 e. The van der Waals surface area contributed by atoms with Crippen LogP contribution in [0.25, 0.3) is 0 Å². The molecule has 0 unspecified atom stereocenters. The molecule has 2 aromatic rings. The summed E-state index contributed by atoms with van der Waals surface area (Å²) in [5.74, 6) is 0.511. The summed E-state index contributed by atoms with van der Waals surface area (Å²) >= 11 is 0. The van der Waals surface area contributed by atoms with E-state index in [1.807, 2.05) is 6.07 Å². The molecule has 0 atom stereocenters. The van der Waals surface area contributed by atoms with Crippen molar-refractivity contribution in [2.24, 2.45) is 4.99 Å². The van der Waals surface area contributed by atoms with E-state index in [1.165, 1.54) is 16.7 Å². The van der Waals surface area contributed by atoms with E-state index < -0.39 is 5.97 Å². The zero-order chi connectivity index (χ0) is 22.3. The minimum Gasteiger partial charge on any atom is -0.465 e. The number of amidine groups is 1. The molecule has 0 radical (unpaired) electrons. The third-order valence-electron chi connectivity index (χ3n) is 5.92. The molecule has 2 aliphatic rings. The number of amides is 1. The van der Waals surface area contributed by atoms with Gasteiger partial charge in [-0.15, -0.1) is 0 Å². The van der Waals surface area contributed by atoms with Crippen LogP contribution in [0.5, 0.6) is 0 Å². The Morgan fingerprint density at radius 3 is 2.50 bits per heavy atom. The summed E-state index contributed by atoms with van der Waals surface area (Å²) in [5.41, 5.74) is 4.80. The minimum absolute atomic E-state index is 0.0683. The average molecular weight is 435 g/mol. The molecule has 2 aliphatic heterocycles. The molecule has 0 aromatic heterocycles. The second kappa shape index (κ2) is 10.4. The Balaban J connectivity index is 1.35. The molecular formula is C25H30N4O3. The molecule has 0 saturated carbocycles. The number of fused-ring (bicyclic) bond motifs is 2. The van der Waals surface area contributed by atoms with Crippen molar-refractivity contribution in [2.45, 2.75) is 19.8 Å². The van der Waals surface area contributed by atoms with E-state index in [1.54, 1.807) is 6.92 Å². The average Bonchev–Trinajstić information content (AvgIpc) is 2.99. The van der Waals surface area contributed by atoms with Crippen LogP contribution in [-0.4, -0.2) is 73.4 Å². The van der Waals surface area contributed by atoms with Gasteiger partial charge in [-0.05, 0) is 24.1 Å². The number of nitrogens with one attached hydrogen (secondary N) is 1. The van der Waals surface area contributed by atoms with Gasteiger partial charge in [0.15, 0.2) is 0 Å². The lowest BCUT2D eigenvalue weighted by molar-refractivity contribution is -0.143. The van der Waals surface area contributed by atoms with Gasteiger partial charge in [0.25, 0.3) is 0 Å². The summed E-state index contributed by atoms with van der Waals surface area (Å²) < 4.78 is 4.83. The zero-order valence-corrected chi connectivity index (χ0v) is 18.5. The van der Waals surface area contributed by atoms with E-state index in [4.69, 9.17) is 9.73 Å². The number of carbonyl (C=O) groups is 2. The fourth-order valence-corrected chi connectivity index (χ4v) is 4.20. The van der Waals surface area contributed by atoms with Gasteiger partial charge in [0, 0.05) is 51.1 Å². The molecule has 4 rings (SSSR count). The maximum absolute atomic E-state index is 12.0. The first-order chi connectivity index (χ1) is 15.6. The first-order valence-electron chi connectivity index (χ1n) is 11.3. The van der Waals surface area contributed by atoms with Crippen LogP contribution in [0.1, 0.15) is 30.0 Å². The largest absolute Gasteiger partial charge is 0.465 e. The number of benzene rings is 2. The monoisotopic (exact) mass is 434 g/mol. The summed E-state index contributed by atoms with van der Waals surface area (Å²) in [6.07, 6.45) is 1.26. The first-order valence-corrected chi connectivity index (χ1v) is 11.3. The predicted octanol–water partition coefficient (Wildman–Crippen LogP) is 2.36. The van der Waals surface area contributed by atoms with Gasteiger partial charge in [-0.2, -0.15) is 0 Å². The molecule has 7 nitrogen and oxygen atoms in total. The van der Waals surface area contributed by atoms with E-state index in [0.717, 1.165) is 44.1 Å². The molecule has 1 N–H and O–H groups in total. The maximum atomic E-state index is 12.0. The number of nitrogens with zero attached hydrogens (tertiary/aromatic N) is 3. The van der Waals surface area contributed by atoms with Crippen LogP contribution in [-0.2, 0) is 20.7 Å². The van der Waals surface area contributed by atoms with Crippen molar-refractivity contribution in [1.29, 1.82) is 0 Å². The SMILES string of the molecule is CCOC(=O)CNC(=O)CCN1CCN(C2=Nc3ccccc3Cc3ccccc32)CC1. The topological polar surface area (TPSA) is 74.2 Å². The summed E-state index contributed by atoms with van der Waals surface area (Å²) in [5, 5.41) is 2.62. The van der Waals surface area contributed by atoms with Gasteiger partial charge in [0.05, 0.1) is 12.3 Å². The summed E-state index contributed by atoms with van der Waals surface area (Å²) in [6, 6.07) is 16.9. The van der Waals surface area contributed by atoms with Crippen molar-refractivity contribution in [2.75, 3.05) is 45.9 Å². The number of hydrogen-bond acceptors (Lipinski definition) is 6. The fourth-order valence-electron chi connectivity index (χ4n) is 4.20. The third-order valence-corrected chi connectivity index (χ3v) is 5.92. The number of rotatable bonds is 6. The van der Waals surface area contributed by atoms with E-state index in [-0.39, 0.29) is 12.5 Å². The Kier molecular flexibility index (Phi) is 7.17. The highest BCUT2D eigenvalue weighted by Gasteiger charge is 2.25. The second-order valence-corrected chi connectivity index (χ2v) is 8.06. The first kappa shape index (κ1) is 22.0. The molecule has 168 valence electrons. The molecule has 32 heavy (non-hydrogen) atoms. The minimum atomic E-state index is -0.402. The van der Waals surface area contributed by atoms with Gasteiger partial charge in [-0.1, -0.05) is 42.5 Å². The Labute approximate surface area is 189 Å². The normalized spacial score (nSPS) is 15.8. The van der Waals surface area contributed by atoms with Gasteiger partial charge >= 0.3 is 5.97 Å². The lowest BCUT2D eigenvalue weighted by Gasteiger charge is -2.36. The number of carbonyl (C=O) groups excluding carboxylic acids is 2. The van der Waals surface area contributed by atoms with E-state index in [9.17, 15) is 9.59 Å². The predicted molar refractivity (Wildman–Crippen MR) is 124 cm³/mol. The number of para-hydroxylation sites is 1.